The molecule has 2 saturated heterocycles. The number of urea groups is 1. The molecule has 3 aliphatic carbocycles. The second-order valence-electron chi connectivity index (χ2n) is 18.6. The Kier molecular flexibility index (Phi) is 13.6. The molecule has 1 aromatic heterocycles. The molecule has 21 heteroatoms. The van der Waals surface area contributed by atoms with Crippen LogP contribution in [-0.4, -0.2) is 114 Å². The molecule has 17 nitrogen and oxygen atoms in total. The molecule has 0 radical (unpaired) electrons. The Morgan fingerprint density at radius 1 is 1.06 bits per heavy atom. The molecule has 348 valence electrons. The highest BCUT2D eigenvalue weighted by molar-refractivity contribution is 7.19. The molecular weight excluding hydrogens is 886 g/mol. The Hall–Kier alpha value is -5.31. The van der Waals surface area contributed by atoms with Crippen LogP contribution in [0.25, 0.3) is 0 Å². The van der Waals surface area contributed by atoms with E-state index >= 15 is 4.79 Å². The van der Waals surface area contributed by atoms with Gasteiger partial charge in [0.1, 0.15) is 34.6 Å². The van der Waals surface area contributed by atoms with Crippen molar-refractivity contribution in [1.29, 1.82) is 0 Å². The molecule has 0 spiro atoms. The van der Waals surface area contributed by atoms with Crippen molar-refractivity contribution in [2.75, 3.05) is 38.7 Å². The lowest BCUT2D eigenvalue weighted by Gasteiger charge is -2.64. The summed E-state index contributed by atoms with van der Waals surface area (Å²) in [6.45, 7) is 10.5. The smallest absolute Gasteiger partial charge is 0.482 e. The first-order chi connectivity index (χ1) is 30.7. The van der Waals surface area contributed by atoms with Gasteiger partial charge in [-0.15, -0.1) is 0 Å². The molecule has 65 heavy (non-hydrogen) atoms. The fourth-order valence-electron chi connectivity index (χ4n) is 9.74. The number of methoxy groups -OCH3 is 1. The van der Waals surface area contributed by atoms with E-state index in [0.717, 1.165) is 33.8 Å². The first-order valence-electron chi connectivity index (χ1n) is 21.4. The number of nitrogens with one attached hydrogen (secondary N) is 3. The summed E-state index contributed by atoms with van der Waals surface area (Å²) in [5, 5.41) is 18.2. The maximum atomic E-state index is 15.0. The van der Waals surface area contributed by atoms with E-state index in [9.17, 15) is 33.5 Å². The van der Waals surface area contributed by atoms with Crippen LogP contribution in [0, 0.1) is 17.3 Å². The van der Waals surface area contributed by atoms with Gasteiger partial charge in [0.15, 0.2) is 11.2 Å². The Morgan fingerprint density at radius 3 is 2.43 bits per heavy atom. The molecule has 3 aromatic rings. The van der Waals surface area contributed by atoms with Crippen molar-refractivity contribution < 1.29 is 57.0 Å². The van der Waals surface area contributed by atoms with Crippen molar-refractivity contribution in [3.8, 4) is 5.75 Å². The number of hydrogen-bond donors (Lipinski definition) is 4. The highest BCUT2D eigenvalue weighted by Crippen LogP contribution is 2.66. The Labute approximate surface area is 385 Å². The van der Waals surface area contributed by atoms with Gasteiger partial charge in [-0.1, -0.05) is 94.0 Å². The first-order valence-corrected chi connectivity index (χ1v) is 22.6. The highest BCUT2D eigenvalue weighted by atomic mass is 35.5. The quantitative estimate of drug-likeness (QED) is 0.109. The summed E-state index contributed by atoms with van der Waals surface area (Å²) in [5.41, 5.74) is 0.241. The first kappa shape index (κ1) is 47.7. The number of piperazine rings is 1. The molecule has 2 aliphatic heterocycles. The third kappa shape index (κ3) is 9.40. The number of aromatic nitrogens is 1. The van der Waals surface area contributed by atoms with Gasteiger partial charge in [-0.25, -0.2) is 23.8 Å². The summed E-state index contributed by atoms with van der Waals surface area (Å²) >= 11 is 7.52. The maximum absolute atomic E-state index is 15.0. The molecule has 3 heterocycles. The third-order valence-electron chi connectivity index (χ3n) is 13.3. The number of thiazole rings is 1. The van der Waals surface area contributed by atoms with Crippen LogP contribution < -0.4 is 20.7 Å². The van der Waals surface area contributed by atoms with Crippen LogP contribution in [-0.2, 0) is 46.9 Å². The number of rotatable bonds is 14. The predicted molar refractivity (Wildman–Crippen MR) is 237 cm³/mol. The number of amides is 6. The molecule has 2 unspecified atom stereocenters. The van der Waals surface area contributed by atoms with Crippen LogP contribution in [0.15, 0.2) is 42.5 Å². The summed E-state index contributed by atoms with van der Waals surface area (Å²) in [5.74, 6) is -4.97. The molecular formula is C44H53BClFN6O11S. The Morgan fingerprint density at radius 2 is 1.78 bits per heavy atom. The van der Waals surface area contributed by atoms with E-state index in [0.29, 0.717) is 22.8 Å². The number of anilines is 1. The Bertz CT molecular complexity index is 2370. The summed E-state index contributed by atoms with van der Waals surface area (Å²) in [7, 11) is 0.262. The molecule has 6 atom stereocenters. The minimum atomic E-state index is -1.78. The van der Waals surface area contributed by atoms with Crippen molar-refractivity contribution in [3.05, 3.63) is 74.7 Å². The van der Waals surface area contributed by atoms with Crippen molar-refractivity contribution >= 4 is 71.0 Å². The van der Waals surface area contributed by atoms with Crippen LogP contribution in [0.1, 0.15) is 93.2 Å². The summed E-state index contributed by atoms with van der Waals surface area (Å²) in [4.78, 5) is 86.5. The number of ether oxygens (including phenoxy) is 2. The number of hydrogen-bond acceptors (Lipinski definition) is 12. The number of alkyl halides is 1. The number of halogens is 2. The van der Waals surface area contributed by atoms with Crippen LogP contribution >= 0.6 is 22.9 Å². The fourth-order valence-corrected chi connectivity index (χ4v) is 10.8. The van der Waals surface area contributed by atoms with E-state index in [-0.39, 0.29) is 76.6 Å². The lowest BCUT2D eigenvalue weighted by Crippen LogP contribution is -2.65. The van der Waals surface area contributed by atoms with Gasteiger partial charge in [0, 0.05) is 25.2 Å². The molecule has 3 saturated carbocycles. The fraction of sp³-hybridized carbons (Fsp3) is 0.523. The second kappa shape index (κ2) is 18.5. The number of nitrogens with zero attached hydrogens (tertiary/aromatic N) is 3. The van der Waals surface area contributed by atoms with Crippen LogP contribution in [0.2, 0.25) is 4.34 Å². The minimum Gasteiger partial charge on any atom is -0.496 e. The zero-order valence-corrected chi connectivity index (χ0v) is 38.8. The van der Waals surface area contributed by atoms with Gasteiger partial charge in [-0.3, -0.25) is 24.6 Å². The largest absolute Gasteiger partial charge is 0.496 e. The van der Waals surface area contributed by atoms with E-state index in [1.165, 1.54) is 13.2 Å². The monoisotopic (exact) mass is 938 g/mol. The van der Waals surface area contributed by atoms with E-state index in [1.54, 1.807) is 30.3 Å². The molecule has 5 fully saturated rings. The van der Waals surface area contributed by atoms with Gasteiger partial charge in [-0.05, 0) is 66.0 Å². The summed E-state index contributed by atoms with van der Waals surface area (Å²) in [6.07, 6.45) is 0.347. The van der Waals surface area contributed by atoms with Crippen LogP contribution in [0.4, 0.5) is 19.1 Å². The van der Waals surface area contributed by atoms with Crippen LogP contribution in [0.5, 0.6) is 5.75 Å². The number of carboxylic acid groups (broad SMARTS) is 1. The molecule has 5 aliphatic rings. The van der Waals surface area contributed by atoms with Gasteiger partial charge in [-0.2, -0.15) is 0 Å². The van der Waals surface area contributed by atoms with Crippen molar-refractivity contribution in [2.45, 2.75) is 96.5 Å². The number of benzene rings is 2. The molecule has 2 bridgehead atoms. The van der Waals surface area contributed by atoms with Crippen molar-refractivity contribution in [3.63, 3.8) is 0 Å². The number of carbonyl (C=O) groups is 6. The third-order valence-corrected chi connectivity index (χ3v) is 14.5. The van der Waals surface area contributed by atoms with E-state index in [4.69, 9.17) is 30.4 Å². The lowest BCUT2D eigenvalue weighted by atomic mass is 9.43. The predicted octanol–water partition coefficient (Wildman–Crippen LogP) is 5.94. The number of imide groups is 1. The minimum absolute atomic E-state index is 0.0344. The zero-order chi connectivity index (χ0) is 47.2. The summed E-state index contributed by atoms with van der Waals surface area (Å²) in [6, 6.07) is 9.17. The van der Waals surface area contributed by atoms with E-state index < -0.39 is 72.6 Å². The topological polar surface area (TPSA) is 215 Å². The van der Waals surface area contributed by atoms with Gasteiger partial charge in [0.05, 0.1) is 24.8 Å². The highest BCUT2D eigenvalue weighted by Gasteiger charge is 2.68. The van der Waals surface area contributed by atoms with E-state index in [1.807, 2.05) is 33.8 Å². The zero-order valence-electron chi connectivity index (χ0n) is 37.2. The SMILES string of the molecule is COc1c(C(=O)O)ccc(C(C)(C)C)c1CC(NC(=O)C(NC(=O)N1CCN(CCF)C(=O)C1=O)c1nc(NC(=O)OCc2ccccc2)sc1Cl)B1O[C@@H]2C[C@@H]3C[C@@H](C3(C)C)[C@]2(C)O1. The molecule has 6 amide bonds. The lowest BCUT2D eigenvalue weighted by molar-refractivity contribution is -0.199. The van der Waals surface area contributed by atoms with E-state index in [2.05, 4.69) is 34.8 Å². The van der Waals surface area contributed by atoms with Gasteiger partial charge in [0.25, 0.3) is 0 Å². The summed E-state index contributed by atoms with van der Waals surface area (Å²) < 4.78 is 37.8. The second-order valence-corrected chi connectivity index (χ2v) is 20.2. The van der Waals surface area contributed by atoms with Gasteiger partial charge < -0.3 is 39.4 Å². The van der Waals surface area contributed by atoms with Gasteiger partial charge >= 0.3 is 37.0 Å². The average Bonchev–Trinajstić information content (AvgIpc) is 3.81. The average molecular weight is 939 g/mol. The van der Waals surface area contributed by atoms with Crippen molar-refractivity contribution in [2.24, 2.45) is 17.3 Å². The van der Waals surface area contributed by atoms with Crippen molar-refractivity contribution in [1.82, 2.24) is 25.4 Å². The number of carboxylic acids is 1. The number of carbonyl (C=O) groups excluding carboxylic acids is 5. The standard InChI is InChI=1S/C44H53BClFN6O11S/c1-42(2,3)27-14-13-25(38(57)58)33(61-7)26(27)21-30(45-63-29-20-24-19-28(43(24,4)5)44(29,6)64-45)48-35(54)32(50-40(59)53-18-17-52(16-15-47)36(55)37(53)56)31-34(46)65-39(49-31)51-41(60)62-22-23-11-9-8-10-12-23/h8-14,24,28-30,32H,15-22H2,1-7H3,(H,48,54)(H,50,59)(H,57,58)(H,49,51,60)/t24-,28-,29+,30?,32?,44-/m0/s1. The maximum Gasteiger partial charge on any atom is 0.482 e. The molecule has 4 N–H and O–H groups in total. The van der Waals surface area contributed by atoms with Crippen LogP contribution in [0.3, 0.4) is 0 Å². The van der Waals surface area contributed by atoms with Gasteiger partial charge in [0.2, 0.25) is 5.91 Å². The Balaban J connectivity index is 1.25. The number of aromatic carboxylic acids is 1. The normalized spacial score (nSPS) is 23.2. The molecule has 8 rings (SSSR count). The molecule has 2 aromatic carbocycles.